The van der Waals surface area contributed by atoms with Gasteiger partial charge in [-0.2, -0.15) is 0 Å². The lowest BCUT2D eigenvalue weighted by Gasteiger charge is -2.35. The van der Waals surface area contributed by atoms with Crippen LogP contribution in [-0.2, 0) is 6.54 Å². The minimum absolute atomic E-state index is 0.140. The maximum atomic E-state index is 12.4. The summed E-state index contributed by atoms with van der Waals surface area (Å²) in [6.45, 7) is 2.21. The molecule has 0 atom stereocenters. The molecule has 0 bridgehead atoms. The van der Waals surface area contributed by atoms with Gasteiger partial charge in [0.1, 0.15) is 0 Å². The fraction of sp³-hybridized carbons (Fsp3) is 0.533. The molecule has 0 saturated carbocycles. The number of benzene rings is 1. The number of hydrogen-bond donors (Lipinski definition) is 1. The predicted octanol–water partition coefficient (Wildman–Crippen LogP) is 1.31. The largest absolute Gasteiger partial charge is 0.339 e. The van der Waals surface area contributed by atoms with E-state index in [1.807, 2.05) is 29.2 Å². The lowest BCUT2D eigenvalue weighted by atomic mass is 10.0. The van der Waals surface area contributed by atoms with Gasteiger partial charge in [-0.05, 0) is 44.6 Å². The maximum absolute atomic E-state index is 12.4. The molecule has 1 aliphatic rings. The van der Waals surface area contributed by atoms with Crippen LogP contribution in [0.2, 0.25) is 0 Å². The van der Waals surface area contributed by atoms with E-state index in [0.717, 1.165) is 37.1 Å². The number of likely N-dealkylation sites (tertiary alicyclic amines) is 1. The average molecular weight is 261 g/mol. The number of nitrogens with zero attached hydrogens (tertiary/aromatic N) is 2. The second-order valence-electron chi connectivity index (χ2n) is 5.39. The van der Waals surface area contributed by atoms with E-state index in [1.54, 1.807) is 0 Å². The van der Waals surface area contributed by atoms with Crippen LogP contribution >= 0.6 is 0 Å². The van der Waals surface area contributed by atoms with Crippen molar-refractivity contribution in [3.05, 3.63) is 35.4 Å². The Labute approximate surface area is 115 Å². The summed E-state index contributed by atoms with van der Waals surface area (Å²) in [5.41, 5.74) is 7.38. The Hall–Kier alpha value is -1.39. The molecule has 0 unspecified atom stereocenters. The van der Waals surface area contributed by atoms with Gasteiger partial charge < -0.3 is 15.5 Å². The summed E-state index contributed by atoms with van der Waals surface area (Å²) in [6.07, 6.45) is 2.11. The monoisotopic (exact) mass is 261 g/mol. The van der Waals surface area contributed by atoms with Gasteiger partial charge in [-0.15, -0.1) is 0 Å². The van der Waals surface area contributed by atoms with E-state index in [9.17, 15) is 4.79 Å². The van der Waals surface area contributed by atoms with Crippen molar-refractivity contribution < 1.29 is 4.79 Å². The Bertz CT molecular complexity index is 420. The van der Waals surface area contributed by atoms with E-state index in [1.165, 1.54) is 0 Å². The molecule has 1 heterocycles. The Morgan fingerprint density at radius 1 is 1.26 bits per heavy atom. The molecule has 2 rings (SSSR count). The molecule has 1 fully saturated rings. The molecule has 1 aromatic rings. The first-order chi connectivity index (χ1) is 9.11. The van der Waals surface area contributed by atoms with Crippen molar-refractivity contribution in [3.63, 3.8) is 0 Å². The van der Waals surface area contributed by atoms with Gasteiger partial charge in [0.25, 0.3) is 5.91 Å². The Morgan fingerprint density at radius 3 is 2.32 bits per heavy atom. The summed E-state index contributed by atoms with van der Waals surface area (Å²) in [7, 11) is 4.21. The average Bonchev–Trinajstić information content (AvgIpc) is 2.46. The Kier molecular flexibility index (Phi) is 4.56. The smallest absolute Gasteiger partial charge is 0.253 e. The number of rotatable bonds is 3. The molecular weight excluding hydrogens is 238 g/mol. The van der Waals surface area contributed by atoms with Gasteiger partial charge in [0.2, 0.25) is 0 Å². The van der Waals surface area contributed by atoms with E-state index >= 15 is 0 Å². The summed E-state index contributed by atoms with van der Waals surface area (Å²) < 4.78 is 0. The molecule has 0 spiro atoms. The first-order valence-electron chi connectivity index (χ1n) is 6.86. The third-order valence-corrected chi connectivity index (χ3v) is 3.92. The van der Waals surface area contributed by atoms with Gasteiger partial charge in [-0.3, -0.25) is 4.79 Å². The topological polar surface area (TPSA) is 49.6 Å². The number of carbonyl (C=O) groups is 1. The van der Waals surface area contributed by atoms with Crippen LogP contribution in [0.5, 0.6) is 0 Å². The van der Waals surface area contributed by atoms with Crippen LogP contribution in [0, 0.1) is 0 Å². The van der Waals surface area contributed by atoms with Crippen LogP contribution in [-0.4, -0.2) is 48.9 Å². The first kappa shape index (κ1) is 14.0. The molecule has 1 aromatic carbocycles. The quantitative estimate of drug-likeness (QED) is 0.892. The van der Waals surface area contributed by atoms with Crippen LogP contribution in [0.25, 0.3) is 0 Å². The summed E-state index contributed by atoms with van der Waals surface area (Å²) in [5.74, 6) is 0.140. The van der Waals surface area contributed by atoms with E-state index in [0.29, 0.717) is 12.6 Å². The van der Waals surface area contributed by atoms with Gasteiger partial charge in [0.15, 0.2) is 0 Å². The first-order valence-corrected chi connectivity index (χ1v) is 6.86. The number of carbonyl (C=O) groups excluding carboxylic acids is 1. The van der Waals surface area contributed by atoms with Gasteiger partial charge in [-0.1, -0.05) is 12.1 Å². The van der Waals surface area contributed by atoms with Crippen molar-refractivity contribution in [2.45, 2.75) is 25.4 Å². The van der Waals surface area contributed by atoms with E-state index < -0.39 is 0 Å². The second kappa shape index (κ2) is 6.17. The summed E-state index contributed by atoms with van der Waals surface area (Å²) in [6, 6.07) is 8.22. The highest BCUT2D eigenvalue weighted by molar-refractivity contribution is 5.94. The van der Waals surface area contributed by atoms with Crippen LogP contribution in [0.15, 0.2) is 24.3 Å². The normalized spacial score (nSPS) is 16.9. The number of piperidine rings is 1. The van der Waals surface area contributed by atoms with Gasteiger partial charge >= 0.3 is 0 Å². The summed E-state index contributed by atoms with van der Waals surface area (Å²) in [5, 5.41) is 0. The van der Waals surface area contributed by atoms with E-state index in [-0.39, 0.29) is 5.91 Å². The fourth-order valence-corrected chi connectivity index (χ4v) is 2.55. The third kappa shape index (κ3) is 3.33. The third-order valence-electron chi connectivity index (χ3n) is 3.92. The van der Waals surface area contributed by atoms with Crippen LogP contribution < -0.4 is 5.73 Å². The van der Waals surface area contributed by atoms with E-state index in [2.05, 4.69) is 19.0 Å². The van der Waals surface area contributed by atoms with Crippen molar-refractivity contribution in [3.8, 4) is 0 Å². The molecule has 1 amide bonds. The molecule has 0 radical (unpaired) electrons. The lowest BCUT2D eigenvalue weighted by molar-refractivity contribution is 0.0663. The number of amides is 1. The number of hydrogen-bond acceptors (Lipinski definition) is 3. The molecule has 1 aliphatic heterocycles. The van der Waals surface area contributed by atoms with E-state index in [4.69, 9.17) is 5.73 Å². The molecule has 0 aliphatic carbocycles. The predicted molar refractivity (Wildman–Crippen MR) is 76.9 cm³/mol. The molecule has 0 aromatic heterocycles. The lowest BCUT2D eigenvalue weighted by Crippen LogP contribution is -2.44. The van der Waals surface area contributed by atoms with Crippen molar-refractivity contribution in [2.24, 2.45) is 5.73 Å². The zero-order valence-corrected chi connectivity index (χ0v) is 11.8. The van der Waals surface area contributed by atoms with Crippen LogP contribution in [0.4, 0.5) is 0 Å². The van der Waals surface area contributed by atoms with Crippen molar-refractivity contribution in [2.75, 3.05) is 27.2 Å². The molecule has 2 N–H and O–H groups in total. The summed E-state index contributed by atoms with van der Waals surface area (Å²) in [4.78, 5) is 16.6. The second-order valence-corrected chi connectivity index (χ2v) is 5.39. The standard InChI is InChI=1S/C15H23N3O/c1-17(2)14-7-9-18(10-8-14)15(19)13-5-3-12(11-16)4-6-13/h3-6,14H,7-11,16H2,1-2H3. The molecular formula is C15H23N3O. The van der Waals surface area contributed by atoms with Gasteiger partial charge in [0.05, 0.1) is 0 Å². The van der Waals surface area contributed by atoms with Crippen molar-refractivity contribution in [1.29, 1.82) is 0 Å². The number of nitrogens with two attached hydrogens (primary N) is 1. The minimum Gasteiger partial charge on any atom is -0.339 e. The zero-order valence-electron chi connectivity index (χ0n) is 11.8. The molecule has 1 saturated heterocycles. The Morgan fingerprint density at radius 2 is 1.84 bits per heavy atom. The molecule has 104 valence electrons. The molecule has 4 heteroatoms. The highest BCUT2D eigenvalue weighted by atomic mass is 16.2. The highest BCUT2D eigenvalue weighted by Crippen LogP contribution is 2.17. The zero-order chi connectivity index (χ0) is 13.8. The van der Waals surface area contributed by atoms with Crippen LogP contribution in [0.1, 0.15) is 28.8 Å². The van der Waals surface area contributed by atoms with Gasteiger partial charge in [-0.25, -0.2) is 0 Å². The minimum atomic E-state index is 0.140. The Balaban J connectivity index is 1.97. The fourth-order valence-electron chi connectivity index (χ4n) is 2.55. The SMILES string of the molecule is CN(C)C1CCN(C(=O)c2ccc(CN)cc2)CC1. The highest BCUT2D eigenvalue weighted by Gasteiger charge is 2.24. The van der Waals surface area contributed by atoms with Crippen LogP contribution in [0.3, 0.4) is 0 Å². The maximum Gasteiger partial charge on any atom is 0.253 e. The summed E-state index contributed by atoms with van der Waals surface area (Å²) >= 11 is 0. The molecule has 4 nitrogen and oxygen atoms in total. The molecule has 19 heavy (non-hydrogen) atoms. The van der Waals surface area contributed by atoms with Gasteiger partial charge in [0, 0.05) is 31.2 Å². The van der Waals surface area contributed by atoms with Crippen molar-refractivity contribution in [1.82, 2.24) is 9.80 Å². The van der Waals surface area contributed by atoms with Crippen molar-refractivity contribution >= 4 is 5.91 Å².